The predicted octanol–water partition coefficient (Wildman–Crippen LogP) is 12.0. The van der Waals surface area contributed by atoms with E-state index in [1.165, 1.54) is 0 Å². The number of carbonyl (C=O) groups is 2. The zero-order valence-corrected chi connectivity index (χ0v) is 30.2. The molecule has 0 atom stereocenters. The molecule has 0 unspecified atom stereocenters. The maximum absolute atomic E-state index is 13.7. The average Bonchev–Trinajstić information content (AvgIpc) is 3.61. The number of benzene rings is 4. The Kier molecular flexibility index (Phi) is 10.3. The van der Waals surface area contributed by atoms with Gasteiger partial charge in [-0.25, -0.2) is 0 Å². The van der Waals surface area contributed by atoms with Crippen LogP contribution in [0.1, 0.15) is 96.6 Å². The molecule has 0 saturated carbocycles. The Bertz CT molecular complexity index is 1980. The summed E-state index contributed by atoms with van der Waals surface area (Å²) in [4.78, 5) is 34.4. The summed E-state index contributed by atoms with van der Waals surface area (Å²) in [5, 5.41) is 5.54. The van der Waals surface area contributed by atoms with Gasteiger partial charge in [0.15, 0.2) is 0 Å². The van der Waals surface area contributed by atoms with Gasteiger partial charge in [0.2, 0.25) is 0 Å². The van der Waals surface area contributed by atoms with E-state index >= 15 is 0 Å². The predicted molar refractivity (Wildman–Crippen MR) is 201 cm³/mol. The first-order chi connectivity index (χ1) is 23.6. The van der Waals surface area contributed by atoms with Crippen molar-refractivity contribution in [2.45, 2.75) is 96.7 Å². The van der Waals surface area contributed by atoms with Crippen LogP contribution in [0.5, 0.6) is 0 Å². The lowest BCUT2D eigenvalue weighted by Crippen LogP contribution is -2.36. The van der Waals surface area contributed by atoms with E-state index in [4.69, 9.17) is 32.7 Å². The molecule has 0 amide bonds. The number of rotatable bonds is 14. The van der Waals surface area contributed by atoms with E-state index in [1.54, 1.807) is 0 Å². The lowest BCUT2D eigenvalue weighted by atomic mass is 9.84. The molecule has 0 bridgehead atoms. The summed E-state index contributed by atoms with van der Waals surface area (Å²) in [6.07, 6.45) is 5.26. The molecule has 2 aromatic heterocycles. The third-order valence-corrected chi connectivity index (χ3v) is 10.2. The fraction of sp³-hybridized carbons (Fsp3) is 0.366. The van der Waals surface area contributed by atoms with Crippen LogP contribution in [0.2, 0.25) is 10.0 Å². The second-order valence-electron chi connectivity index (χ2n) is 13.3. The molecular weight excluding hydrogens is 655 g/mol. The molecule has 0 fully saturated rings. The molecule has 0 aliphatic rings. The third kappa shape index (κ3) is 6.91. The van der Waals surface area contributed by atoms with Gasteiger partial charge in [0.25, 0.3) is 0 Å². The normalized spacial score (nSPS) is 12.4. The number of fused-ring (bicyclic) bond motifs is 6. The lowest BCUT2D eigenvalue weighted by Gasteiger charge is -2.35. The van der Waals surface area contributed by atoms with Crippen LogP contribution in [-0.2, 0) is 30.3 Å². The second kappa shape index (κ2) is 14.5. The minimum Gasteiger partial charge on any atom is -0.454 e. The topological polar surface area (TPSA) is 84.2 Å². The standard InChI is InChI=1S/C41H44Cl2N2O4/c1-5-17-40(18-6-2,26-9-13-30-32-23-28(42)11-15-34(32)44-36(30)21-26)48-38(46)25-39(47)49-41(19-7-3,20-8-4)27-10-14-31-33-24-29(43)12-16-35(33)45-37(31)22-27/h9-16,21-24,44-45H,5-8,17-20,25H2,1-4H3. The summed E-state index contributed by atoms with van der Waals surface area (Å²) in [6, 6.07) is 23.9. The molecule has 2 heterocycles. The van der Waals surface area contributed by atoms with Crippen LogP contribution in [0.4, 0.5) is 0 Å². The fourth-order valence-corrected chi connectivity index (χ4v) is 8.05. The van der Waals surface area contributed by atoms with Gasteiger partial charge in [-0.15, -0.1) is 0 Å². The number of aromatic amines is 2. The van der Waals surface area contributed by atoms with Crippen molar-refractivity contribution in [3.63, 3.8) is 0 Å². The van der Waals surface area contributed by atoms with E-state index in [1.807, 2.05) is 48.5 Å². The largest absolute Gasteiger partial charge is 0.454 e. The first-order valence-corrected chi connectivity index (χ1v) is 18.3. The van der Waals surface area contributed by atoms with Gasteiger partial charge >= 0.3 is 11.9 Å². The van der Waals surface area contributed by atoms with Crippen LogP contribution < -0.4 is 0 Å². The van der Waals surface area contributed by atoms with E-state index < -0.39 is 29.6 Å². The minimum absolute atomic E-state index is 0.468. The van der Waals surface area contributed by atoms with Gasteiger partial charge in [0, 0.05) is 53.7 Å². The molecular formula is C41H44Cl2N2O4. The minimum atomic E-state index is -0.878. The van der Waals surface area contributed by atoms with E-state index in [2.05, 4.69) is 61.9 Å². The Hall–Kier alpha value is -4.00. The molecule has 0 aliphatic heterocycles. The molecule has 2 N–H and O–H groups in total. The van der Waals surface area contributed by atoms with Crippen molar-refractivity contribution < 1.29 is 19.1 Å². The third-order valence-electron chi connectivity index (χ3n) is 9.70. The summed E-state index contributed by atoms with van der Waals surface area (Å²) >= 11 is 12.6. The highest BCUT2D eigenvalue weighted by molar-refractivity contribution is 6.32. The number of H-pyrrole nitrogens is 2. The molecule has 0 spiro atoms. The Morgan fingerprint density at radius 3 is 1.29 bits per heavy atom. The molecule has 256 valence electrons. The van der Waals surface area contributed by atoms with Gasteiger partial charge < -0.3 is 19.4 Å². The average molecular weight is 700 g/mol. The number of hydrogen-bond acceptors (Lipinski definition) is 4. The molecule has 49 heavy (non-hydrogen) atoms. The van der Waals surface area contributed by atoms with Gasteiger partial charge in [-0.1, -0.05) is 101 Å². The molecule has 6 nitrogen and oxygen atoms in total. The first-order valence-electron chi connectivity index (χ1n) is 17.5. The number of esters is 2. The summed E-state index contributed by atoms with van der Waals surface area (Å²) in [5.74, 6) is -1.17. The van der Waals surface area contributed by atoms with Crippen LogP contribution >= 0.6 is 23.2 Å². The van der Waals surface area contributed by atoms with Gasteiger partial charge in [-0.05, 0) is 85.3 Å². The summed E-state index contributed by atoms with van der Waals surface area (Å²) < 4.78 is 12.7. The van der Waals surface area contributed by atoms with Crippen molar-refractivity contribution in [1.29, 1.82) is 0 Å². The van der Waals surface area contributed by atoms with Crippen molar-refractivity contribution in [2.75, 3.05) is 0 Å². The van der Waals surface area contributed by atoms with Crippen molar-refractivity contribution in [2.24, 2.45) is 0 Å². The lowest BCUT2D eigenvalue weighted by molar-refractivity contribution is -0.175. The summed E-state index contributed by atoms with van der Waals surface area (Å²) in [7, 11) is 0. The van der Waals surface area contributed by atoms with Gasteiger partial charge in [-0.2, -0.15) is 0 Å². The van der Waals surface area contributed by atoms with Crippen LogP contribution in [0, 0.1) is 0 Å². The van der Waals surface area contributed by atoms with E-state index in [-0.39, 0.29) is 0 Å². The van der Waals surface area contributed by atoms with Crippen molar-refractivity contribution in [1.82, 2.24) is 9.97 Å². The SMILES string of the molecule is CCCC(CCC)(OC(=O)CC(=O)OC(CCC)(CCC)c1ccc2c(c1)[nH]c1ccc(Cl)cc12)c1ccc2c(c1)[nH]c1ccc(Cl)cc12. The molecule has 6 aromatic rings. The Morgan fingerprint density at radius 1 is 0.531 bits per heavy atom. The van der Waals surface area contributed by atoms with E-state index in [0.717, 1.165) is 80.4 Å². The zero-order chi connectivity index (χ0) is 34.8. The molecule has 4 aromatic carbocycles. The quantitative estimate of drug-likeness (QED) is 0.0875. The highest BCUT2D eigenvalue weighted by Gasteiger charge is 2.39. The molecule has 0 radical (unpaired) electrons. The second-order valence-corrected chi connectivity index (χ2v) is 14.1. The van der Waals surface area contributed by atoms with Crippen molar-refractivity contribution in [3.05, 3.63) is 94.0 Å². The van der Waals surface area contributed by atoms with Gasteiger partial charge in [0.1, 0.15) is 17.6 Å². The number of halogens is 2. The monoisotopic (exact) mass is 698 g/mol. The highest BCUT2D eigenvalue weighted by atomic mass is 35.5. The first kappa shape index (κ1) is 34.8. The number of hydrogen-bond donors (Lipinski definition) is 2. The van der Waals surface area contributed by atoms with Crippen LogP contribution in [0.15, 0.2) is 72.8 Å². The van der Waals surface area contributed by atoms with Crippen molar-refractivity contribution in [3.8, 4) is 0 Å². The number of carbonyl (C=O) groups excluding carboxylic acids is 2. The van der Waals surface area contributed by atoms with Gasteiger partial charge in [0.05, 0.1) is 0 Å². The number of aromatic nitrogens is 2. The summed E-state index contributed by atoms with van der Waals surface area (Å²) in [5.41, 5.74) is 3.92. The van der Waals surface area contributed by atoms with Crippen LogP contribution in [0.25, 0.3) is 43.6 Å². The molecule has 0 saturated heterocycles. The van der Waals surface area contributed by atoms with E-state index in [9.17, 15) is 9.59 Å². The van der Waals surface area contributed by atoms with Crippen LogP contribution in [0.3, 0.4) is 0 Å². The number of nitrogens with one attached hydrogen (secondary N) is 2. The summed E-state index contributed by atoms with van der Waals surface area (Å²) in [6.45, 7) is 8.33. The zero-order valence-electron chi connectivity index (χ0n) is 28.7. The highest BCUT2D eigenvalue weighted by Crippen LogP contribution is 2.41. The maximum atomic E-state index is 13.7. The van der Waals surface area contributed by atoms with E-state index in [0.29, 0.717) is 35.7 Å². The molecule has 8 heteroatoms. The van der Waals surface area contributed by atoms with Crippen LogP contribution in [-0.4, -0.2) is 21.9 Å². The smallest absolute Gasteiger partial charge is 0.318 e. The maximum Gasteiger partial charge on any atom is 0.318 e. The number of ether oxygens (including phenoxy) is 2. The Morgan fingerprint density at radius 2 is 0.918 bits per heavy atom. The molecule has 0 aliphatic carbocycles. The van der Waals surface area contributed by atoms with Gasteiger partial charge in [-0.3, -0.25) is 9.59 Å². The van der Waals surface area contributed by atoms with Crippen molar-refractivity contribution >= 4 is 78.8 Å². The Labute approximate surface area is 297 Å². The Balaban J connectivity index is 1.27. The molecule has 6 rings (SSSR count). The fourth-order valence-electron chi connectivity index (χ4n) is 7.71.